The third-order valence-electron chi connectivity index (χ3n) is 2.77. The molecule has 4 heteroatoms. The van der Waals surface area contributed by atoms with Crippen LogP contribution in [0.3, 0.4) is 0 Å². The van der Waals surface area contributed by atoms with Gasteiger partial charge in [0.1, 0.15) is 0 Å². The molecule has 0 radical (unpaired) electrons. The summed E-state index contributed by atoms with van der Waals surface area (Å²) in [5.74, 6) is 1.69. The molecule has 0 amide bonds. The first kappa shape index (κ1) is 14.0. The molecule has 96 valence electrons. The van der Waals surface area contributed by atoms with Crippen molar-refractivity contribution in [1.29, 1.82) is 0 Å². The Hall–Kier alpha value is -1.09. The van der Waals surface area contributed by atoms with Crippen LogP contribution in [0.5, 0.6) is 11.5 Å². The third kappa shape index (κ3) is 2.78. The van der Waals surface area contributed by atoms with Crippen molar-refractivity contribution in [2.24, 2.45) is 0 Å². The number of fused-ring (bicyclic) bond motifs is 1. The third-order valence-corrected chi connectivity index (χ3v) is 2.77. The van der Waals surface area contributed by atoms with E-state index in [4.69, 9.17) is 9.47 Å². The highest BCUT2D eigenvalue weighted by Gasteiger charge is 2.19. The van der Waals surface area contributed by atoms with E-state index in [2.05, 4.69) is 44.7 Å². The van der Waals surface area contributed by atoms with Gasteiger partial charge in [-0.15, -0.1) is 12.4 Å². The van der Waals surface area contributed by atoms with Crippen LogP contribution >= 0.6 is 12.4 Å². The molecule has 0 atom stereocenters. The van der Waals surface area contributed by atoms with Gasteiger partial charge in [-0.25, -0.2) is 0 Å². The number of nitrogens with zero attached hydrogens (tertiary/aromatic N) is 1. The number of ether oxygens (including phenoxy) is 2. The van der Waals surface area contributed by atoms with Crippen molar-refractivity contribution in [2.75, 3.05) is 11.7 Å². The highest BCUT2D eigenvalue weighted by atomic mass is 35.5. The van der Waals surface area contributed by atoms with Crippen molar-refractivity contribution >= 4 is 18.1 Å². The molecule has 2 rings (SSSR count). The second kappa shape index (κ2) is 5.50. The van der Waals surface area contributed by atoms with E-state index in [1.807, 2.05) is 6.07 Å². The lowest BCUT2D eigenvalue weighted by Gasteiger charge is -2.33. The maximum atomic E-state index is 5.40. The fourth-order valence-electron chi connectivity index (χ4n) is 2.24. The zero-order valence-electron chi connectivity index (χ0n) is 10.8. The minimum absolute atomic E-state index is 0. The molecular formula is C13H20ClNO2. The summed E-state index contributed by atoms with van der Waals surface area (Å²) in [5.41, 5.74) is 1.19. The maximum Gasteiger partial charge on any atom is 0.231 e. The summed E-state index contributed by atoms with van der Waals surface area (Å²) in [6, 6.07) is 7.08. The lowest BCUT2D eigenvalue weighted by atomic mass is 10.1. The Labute approximate surface area is 109 Å². The topological polar surface area (TPSA) is 21.7 Å². The van der Waals surface area contributed by atoms with Gasteiger partial charge in [0, 0.05) is 23.8 Å². The molecule has 1 aliphatic rings. The van der Waals surface area contributed by atoms with Crippen molar-refractivity contribution in [1.82, 2.24) is 0 Å². The molecule has 1 aliphatic heterocycles. The van der Waals surface area contributed by atoms with Gasteiger partial charge >= 0.3 is 0 Å². The molecule has 17 heavy (non-hydrogen) atoms. The van der Waals surface area contributed by atoms with E-state index in [1.54, 1.807) is 0 Å². The molecule has 0 fully saturated rings. The second-order valence-electron chi connectivity index (χ2n) is 4.63. The Morgan fingerprint density at radius 2 is 1.59 bits per heavy atom. The van der Waals surface area contributed by atoms with Crippen LogP contribution in [0.15, 0.2) is 18.2 Å². The standard InChI is InChI=1S/C13H19NO2.ClH/c1-9(2)14(10(3)4)11-5-6-12-13(7-11)16-8-15-12;/h5-7,9-10H,8H2,1-4H3;1H. The van der Waals surface area contributed by atoms with Crippen molar-refractivity contribution in [3.05, 3.63) is 18.2 Å². The van der Waals surface area contributed by atoms with Crippen molar-refractivity contribution < 1.29 is 9.47 Å². The van der Waals surface area contributed by atoms with Crippen LogP contribution in [0.2, 0.25) is 0 Å². The van der Waals surface area contributed by atoms with Crippen LogP contribution in [-0.4, -0.2) is 18.9 Å². The minimum Gasteiger partial charge on any atom is -0.454 e. The first-order valence-electron chi connectivity index (χ1n) is 5.77. The van der Waals surface area contributed by atoms with Crippen molar-refractivity contribution in [3.63, 3.8) is 0 Å². The molecule has 1 aromatic carbocycles. The molecule has 1 heterocycles. The molecule has 0 N–H and O–H groups in total. The Morgan fingerprint density at radius 1 is 1.00 bits per heavy atom. The number of halogens is 1. The molecule has 0 spiro atoms. The van der Waals surface area contributed by atoms with Crippen LogP contribution in [0.4, 0.5) is 5.69 Å². The van der Waals surface area contributed by atoms with Gasteiger partial charge in [0.25, 0.3) is 0 Å². The lowest BCUT2D eigenvalue weighted by molar-refractivity contribution is 0.174. The average molecular weight is 258 g/mol. The Bertz CT molecular complexity index is 372. The van der Waals surface area contributed by atoms with Crippen LogP contribution in [0.25, 0.3) is 0 Å². The summed E-state index contributed by atoms with van der Waals surface area (Å²) >= 11 is 0. The predicted octanol–water partition coefficient (Wildman–Crippen LogP) is 3.46. The van der Waals surface area contributed by atoms with Crippen LogP contribution in [0, 0.1) is 0 Å². The quantitative estimate of drug-likeness (QED) is 0.828. The molecule has 0 saturated heterocycles. The highest BCUT2D eigenvalue weighted by molar-refractivity contribution is 5.85. The van der Waals surface area contributed by atoms with Crippen molar-refractivity contribution in [3.8, 4) is 11.5 Å². The van der Waals surface area contributed by atoms with E-state index < -0.39 is 0 Å². The Kier molecular flexibility index (Phi) is 4.52. The normalized spacial score (nSPS) is 12.8. The van der Waals surface area contributed by atoms with Gasteiger partial charge in [-0.05, 0) is 39.8 Å². The molecule has 0 aliphatic carbocycles. The monoisotopic (exact) mass is 257 g/mol. The molecule has 0 unspecified atom stereocenters. The maximum absolute atomic E-state index is 5.40. The average Bonchev–Trinajstić information content (AvgIpc) is 2.63. The minimum atomic E-state index is 0. The van der Waals surface area contributed by atoms with E-state index in [0.29, 0.717) is 18.9 Å². The van der Waals surface area contributed by atoms with E-state index in [1.165, 1.54) is 5.69 Å². The highest BCUT2D eigenvalue weighted by Crippen LogP contribution is 2.36. The Morgan fingerprint density at radius 3 is 2.18 bits per heavy atom. The number of anilines is 1. The van der Waals surface area contributed by atoms with Crippen LogP contribution in [0.1, 0.15) is 27.7 Å². The van der Waals surface area contributed by atoms with E-state index in [-0.39, 0.29) is 12.4 Å². The first-order chi connectivity index (χ1) is 7.59. The lowest BCUT2D eigenvalue weighted by Crippen LogP contribution is -2.36. The number of benzene rings is 1. The summed E-state index contributed by atoms with van der Waals surface area (Å²) in [7, 11) is 0. The summed E-state index contributed by atoms with van der Waals surface area (Å²) in [6.07, 6.45) is 0. The zero-order chi connectivity index (χ0) is 11.7. The van der Waals surface area contributed by atoms with Gasteiger partial charge in [-0.2, -0.15) is 0 Å². The van der Waals surface area contributed by atoms with Gasteiger partial charge in [-0.1, -0.05) is 0 Å². The number of hydrogen-bond donors (Lipinski definition) is 0. The van der Waals surface area contributed by atoms with Gasteiger partial charge in [-0.3, -0.25) is 0 Å². The summed E-state index contributed by atoms with van der Waals surface area (Å²) in [4.78, 5) is 2.36. The van der Waals surface area contributed by atoms with E-state index in [9.17, 15) is 0 Å². The summed E-state index contributed by atoms with van der Waals surface area (Å²) in [6.45, 7) is 9.13. The summed E-state index contributed by atoms with van der Waals surface area (Å²) in [5, 5.41) is 0. The summed E-state index contributed by atoms with van der Waals surface area (Å²) < 4.78 is 10.7. The second-order valence-corrected chi connectivity index (χ2v) is 4.63. The number of hydrogen-bond acceptors (Lipinski definition) is 3. The predicted molar refractivity (Wildman–Crippen MR) is 72.6 cm³/mol. The van der Waals surface area contributed by atoms with Crippen molar-refractivity contribution in [2.45, 2.75) is 39.8 Å². The van der Waals surface area contributed by atoms with Gasteiger partial charge < -0.3 is 14.4 Å². The molecule has 0 bridgehead atoms. The SMILES string of the molecule is CC(C)N(c1ccc2c(c1)OCO2)C(C)C.Cl. The van der Waals surface area contributed by atoms with E-state index >= 15 is 0 Å². The fraction of sp³-hybridized carbons (Fsp3) is 0.538. The zero-order valence-corrected chi connectivity index (χ0v) is 11.6. The first-order valence-corrected chi connectivity index (χ1v) is 5.77. The van der Waals surface area contributed by atoms with Gasteiger partial charge in [0.05, 0.1) is 0 Å². The smallest absolute Gasteiger partial charge is 0.231 e. The molecule has 0 aromatic heterocycles. The number of rotatable bonds is 3. The largest absolute Gasteiger partial charge is 0.454 e. The molecule has 3 nitrogen and oxygen atoms in total. The fourth-order valence-corrected chi connectivity index (χ4v) is 2.24. The molecular weight excluding hydrogens is 238 g/mol. The van der Waals surface area contributed by atoms with E-state index in [0.717, 1.165) is 11.5 Å². The van der Waals surface area contributed by atoms with Gasteiger partial charge in [0.2, 0.25) is 6.79 Å². The Balaban J connectivity index is 0.00000144. The molecule has 1 aromatic rings. The van der Waals surface area contributed by atoms with Crippen LogP contribution < -0.4 is 14.4 Å². The van der Waals surface area contributed by atoms with Crippen LogP contribution in [-0.2, 0) is 0 Å². The molecule has 0 saturated carbocycles. The van der Waals surface area contributed by atoms with Gasteiger partial charge in [0.15, 0.2) is 11.5 Å².